The molecule has 8 heteroatoms. The van der Waals surface area contributed by atoms with E-state index in [0.29, 0.717) is 11.5 Å². The summed E-state index contributed by atoms with van der Waals surface area (Å²) in [5.74, 6) is 2.00. The summed E-state index contributed by atoms with van der Waals surface area (Å²) in [6.45, 7) is -3.37. The monoisotopic (exact) mass is 727 g/mol. The average Bonchev–Trinajstić information content (AvgIpc) is 3.10. The van der Waals surface area contributed by atoms with E-state index < -0.39 is 19.2 Å². The van der Waals surface area contributed by atoms with Crippen LogP contribution in [0.3, 0.4) is 0 Å². The molecule has 0 radical (unpaired) electrons. The molecule has 3 nitrogen and oxygen atoms in total. The molecule has 0 saturated heterocycles. The second-order valence-corrected chi connectivity index (χ2v) is 23.9. The fraction of sp³-hybridized carbons (Fsp3) is 0.0270. The molecule has 45 heavy (non-hydrogen) atoms. The van der Waals surface area contributed by atoms with Crippen LogP contribution in [0.4, 0.5) is 0 Å². The molecule has 0 unspecified atom stereocenters. The van der Waals surface area contributed by atoms with Gasteiger partial charge in [0, 0.05) is 0 Å². The van der Waals surface area contributed by atoms with Crippen LogP contribution in [0.1, 0.15) is 0 Å². The fourth-order valence-electron chi connectivity index (χ4n) is 5.20. The van der Waals surface area contributed by atoms with E-state index in [1.54, 1.807) is 0 Å². The number of para-hydroxylation sites is 2. The van der Waals surface area contributed by atoms with Crippen molar-refractivity contribution in [2.75, 3.05) is 5.90 Å². The van der Waals surface area contributed by atoms with Crippen LogP contribution in [-0.4, -0.2) is 21.0 Å². The van der Waals surface area contributed by atoms with Gasteiger partial charge in [-0.15, -0.1) is 0 Å². The predicted molar refractivity (Wildman–Crippen MR) is 200 cm³/mol. The summed E-state index contributed by atoms with van der Waals surface area (Å²) in [5, 5.41) is 4.79. The molecular formula is C37H32NO2P3SSe. The number of benzene rings is 6. The first-order valence-electron chi connectivity index (χ1n) is 14.5. The van der Waals surface area contributed by atoms with Gasteiger partial charge in [-0.05, 0) is 0 Å². The summed E-state index contributed by atoms with van der Waals surface area (Å²) in [7, 11) is -2.71. The zero-order valence-electron chi connectivity index (χ0n) is 24.4. The summed E-state index contributed by atoms with van der Waals surface area (Å²) in [6.07, 6.45) is 0. The fourth-order valence-corrected chi connectivity index (χ4v) is 23.8. The number of nitrogens with zero attached hydrogens (tertiary/aromatic N) is 1. The van der Waals surface area contributed by atoms with Gasteiger partial charge in [0.1, 0.15) is 0 Å². The van der Waals surface area contributed by atoms with E-state index >= 15 is 0 Å². The predicted octanol–water partition coefficient (Wildman–Crippen LogP) is 8.93. The van der Waals surface area contributed by atoms with E-state index in [9.17, 15) is 0 Å². The standard InChI is InChI=1S/C37H32NO2P3SSe/c44-43(39-32-19-7-1-8-20-32,40-33-21-9-2-10-22-33)38-41(34-23-11-3-12-24-34,35-25-13-4-14-26-35)31-42(45,36-27-15-5-16-28-36)37-29-17-6-18-30-37/h1-30H,31H2. The first kappa shape index (κ1) is 31.7. The van der Waals surface area contributed by atoms with Gasteiger partial charge in [-0.2, -0.15) is 0 Å². The summed E-state index contributed by atoms with van der Waals surface area (Å²) >= 11 is 10.2. The number of hydrogen-bond donors (Lipinski definition) is 0. The van der Waals surface area contributed by atoms with E-state index in [1.807, 2.05) is 60.7 Å². The van der Waals surface area contributed by atoms with Gasteiger partial charge in [0.25, 0.3) is 0 Å². The van der Waals surface area contributed by atoms with Crippen LogP contribution in [0, 0.1) is 0 Å². The van der Waals surface area contributed by atoms with Crippen LogP contribution >= 0.6 is 19.2 Å². The van der Waals surface area contributed by atoms with Gasteiger partial charge in [0.2, 0.25) is 0 Å². The van der Waals surface area contributed by atoms with E-state index in [1.165, 1.54) is 10.6 Å². The Morgan fingerprint density at radius 2 is 0.733 bits per heavy atom. The van der Waals surface area contributed by atoms with Crippen LogP contribution in [0.25, 0.3) is 0 Å². The Kier molecular flexibility index (Phi) is 10.2. The Hall–Kier alpha value is -3.25. The molecule has 0 amide bonds. The molecule has 0 heterocycles. The molecule has 6 rings (SSSR count). The SMILES string of the molecule is S=P(N=P(CP(=[Se])(c1ccccc1)c1ccccc1)(c1ccccc1)c1ccccc1)(Oc1ccccc1)Oc1ccccc1. The zero-order chi connectivity index (χ0) is 31.0. The summed E-state index contributed by atoms with van der Waals surface area (Å²) < 4.78 is 19.2. The molecule has 0 saturated carbocycles. The van der Waals surface area contributed by atoms with Gasteiger partial charge in [-0.3, -0.25) is 0 Å². The van der Waals surface area contributed by atoms with Crippen molar-refractivity contribution >= 4 is 67.3 Å². The summed E-state index contributed by atoms with van der Waals surface area (Å²) in [5.41, 5.74) is -2.19. The molecule has 0 aromatic heterocycles. The Balaban J connectivity index is 1.68. The molecule has 0 aliphatic heterocycles. The van der Waals surface area contributed by atoms with Gasteiger partial charge >= 0.3 is 280 Å². The van der Waals surface area contributed by atoms with Gasteiger partial charge in [0.15, 0.2) is 0 Å². The maximum absolute atomic E-state index is 6.70. The third kappa shape index (κ3) is 7.43. The third-order valence-electron chi connectivity index (χ3n) is 7.31. The Labute approximate surface area is 278 Å². The van der Waals surface area contributed by atoms with Crippen molar-refractivity contribution < 1.29 is 9.05 Å². The first-order chi connectivity index (χ1) is 22.0. The molecule has 0 spiro atoms. The molecule has 6 aromatic carbocycles. The minimum atomic E-state index is -3.37. The van der Waals surface area contributed by atoms with Crippen molar-refractivity contribution in [3.05, 3.63) is 182 Å². The van der Waals surface area contributed by atoms with Gasteiger partial charge in [-0.1, -0.05) is 0 Å². The number of rotatable bonds is 11. The third-order valence-corrected chi connectivity index (χ3v) is 24.0. The molecule has 0 aliphatic carbocycles. The molecule has 0 N–H and O–H groups in total. The minimum absolute atomic E-state index is 0.634. The van der Waals surface area contributed by atoms with Crippen molar-refractivity contribution in [1.29, 1.82) is 0 Å². The average molecular weight is 727 g/mol. The Morgan fingerprint density at radius 1 is 0.444 bits per heavy atom. The quantitative estimate of drug-likeness (QED) is 0.0988. The van der Waals surface area contributed by atoms with Gasteiger partial charge in [0.05, 0.1) is 0 Å². The second-order valence-electron chi connectivity index (χ2n) is 10.4. The number of hydrogen-bond acceptors (Lipinski definition) is 3. The molecule has 0 aliphatic rings. The van der Waals surface area contributed by atoms with Crippen LogP contribution < -0.4 is 30.3 Å². The Bertz CT molecular complexity index is 1850. The summed E-state index contributed by atoms with van der Waals surface area (Å²) in [4.78, 5) is 0. The van der Waals surface area contributed by atoms with Crippen molar-refractivity contribution in [2.24, 2.45) is 4.52 Å². The van der Waals surface area contributed by atoms with Crippen LogP contribution in [0.5, 0.6) is 11.5 Å². The van der Waals surface area contributed by atoms with Crippen molar-refractivity contribution in [3.8, 4) is 11.5 Å². The molecule has 6 aromatic rings. The molecule has 0 atom stereocenters. The van der Waals surface area contributed by atoms with E-state index in [0.717, 1.165) is 16.5 Å². The van der Waals surface area contributed by atoms with Crippen molar-refractivity contribution in [2.45, 2.75) is 0 Å². The van der Waals surface area contributed by atoms with E-state index in [-0.39, 0.29) is 0 Å². The first-order valence-corrected chi connectivity index (χ1v) is 23.2. The van der Waals surface area contributed by atoms with Crippen LogP contribution in [0.15, 0.2) is 187 Å². The molecular weight excluding hydrogens is 694 g/mol. The zero-order valence-corrected chi connectivity index (χ0v) is 29.7. The van der Waals surface area contributed by atoms with Crippen LogP contribution in [0.2, 0.25) is 0 Å². The molecule has 0 bridgehead atoms. The molecule has 0 fully saturated rings. The topological polar surface area (TPSA) is 30.8 Å². The molecule has 224 valence electrons. The normalized spacial score (nSPS) is 11.8. The summed E-state index contributed by atoms with van der Waals surface area (Å²) in [6, 6.07) is 62.1. The van der Waals surface area contributed by atoms with Gasteiger partial charge < -0.3 is 0 Å². The second kappa shape index (κ2) is 14.5. The van der Waals surface area contributed by atoms with Gasteiger partial charge in [-0.25, -0.2) is 0 Å². The Morgan fingerprint density at radius 3 is 1.07 bits per heavy atom. The van der Waals surface area contributed by atoms with E-state index in [2.05, 4.69) is 136 Å². The van der Waals surface area contributed by atoms with Crippen molar-refractivity contribution in [1.82, 2.24) is 0 Å². The van der Waals surface area contributed by atoms with Crippen molar-refractivity contribution in [3.63, 3.8) is 0 Å². The van der Waals surface area contributed by atoms with E-state index in [4.69, 9.17) is 25.4 Å². The maximum atomic E-state index is 6.70. The van der Waals surface area contributed by atoms with Crippen LogP contribution in [-0.2, 0) is 11.8 Å².